The van der Waals surface area contributed by atoms with Crippen LogP contribution >= 0.6 is 0 Å². The van der Waals surface area contributed by atoms with Crippen molar-refractivity contribution < 1.29 is 9.59 Å². The lowest BCUT2D eigenvalue weighted by Crippen LogP contribution is -2.40. The summed E-state index contributed by atoms with van der Waals surface area (Å²) in [7, 11) is 0. The molecular weight excluding hydrogens is 346 g/mol. The van der Waals surface area contributed by atoms with E-state index in [0.717, 1.165) is 46.1 Å². The summed E-state index contributed by atoms with van der Waals surface area (Å²) in [5.41, 5.74) is 3.68. The molecule has 138 valence electrons. The normalized spacial score (nSPS) is 19.9. The van der Waals surface area contributed by atoms with E-state index in [1.165, 1.54) is 0 Å². The summed E-state index contributed by atoms with van der Waals surface area (Å²) >= 11 is 0. The fourth-order valence-electron chi connectivity index (χ4n) is 4.69. The third-order valence-corrected chi connectivity index (χ3v) is 5.89. The second kappa shape index (κ2) is 6.75. The van der Waals surface area contributed by atoms with Gasteiger partial charge < -0.3 is 0 Å². The Labute approximate surface area is 164 Å². The van der Waals surface area contributed by atoms with Gasteiger partial charge >= 0.3 is 0 Å². The number of fused-ring (bicyclic) bond motifs is 1. The van der Waals surface area contributed by atoms with Crippen LogP contribution in [-0.2, 0) is 9.59 Å². The highest BCUT2D eigenvalue weighted by molar-refractivity contribution is 6.08. The van der Waals surface area contributed by atoms with E-state index >= 15 is 0 Å². The summed E-state index contributed by atoms with van der Waals surface area (Å²) in [6, 6.07) is 24.1. The maximum Gasteiger partial charge on any atom is 0.232 e. The quantitative estimate of drug-likeness (QED) is 0.611. The number of Topliss-reactive ketones (excluding diaryl/α,β-unsaturated/α-hetero) is 1. The van der Waals surface area contributed by atoms with Gasteiger partial charge in [-0.05, 0) is 41.3 Å². The van der Waals surface area contributed by atoms with Gasteiger partial charge in [0.25, 0.3) is 0 Å². The molecule has 1 amide bonds. The highest BCUT2D eigenvalue weighted by Gasteiger charge is 2.40. The summed E-state index contributed by atoms with van der Waals surface area (Å²) < 4.78 is 0. The molecule has 3 heteroatoms. The third kappa shape index (κ3) is 2.66. The van der Waals surface area contributed by atoms with Crippen molar-refractivity contribution in [2.45, 2.75) is 31.6 Å². The Bertz CT molecular complexity index is 1110. The number of rotatable bonds is 2. The first-order valence-corrected chi connectivity index (χ1v) is 9.86. The van der Waals surface area contributed by atoms with E-state index in [0.29, 0.717) is 12.8 Å². The molecule has 1 heterocycles. The van der Waals surface area contributed by atoms with Crippen molar-refractivity contribution in [1.29, 1.82) is 0 Å². The van der Waals surface area contributed by atoms with Gasteiger partial charge in [0.2, 0.25) is 5.91 Å². The van der Waals surface area contributed by atoms with Gasteiger partial charge in [0.05, 0.1) is 0 Å². The Kier molecular flexibility index (Phi) is 4.09. The third-order valence-electron chi connectivity index (χ3n) is 5.89. The largest absolute Gasteiger partial charge is 0.294 e. The molecule has 1 unspecified atom stereocenters. The number of amides is 1. The van der Waals surface area contributed by atoms with Crippen molar-refractivity contribution in [3.05, 3.63) is 89.6 Å². The first-order valence-electron chi connectivity index (χ1n) is 9.86. The molecule has 0 aromatic heterocycles. The Hall–Kier alpha value is -3.20. The summed E-state index contributed by atoms with van der Waals surface area (Å²) in [5.74, 6) is 0.0894. The molecule has 0 N–H and O–H groups in total. The molecule has 3 aromatic carbocycles. The number of nitrogens with zero attached hydrogens (tertiary/aromatic N) is 1. The molecule has 0 saturated carbocycles. The Balaban J connectivity index is 1.72. The fourth-order valence-corrected chi connectivity index (χ4v) is 4.69. The number of hydrogen-bond donors (Lipinski definition) is 0. The summed E-state index contributed by atoms with van der Waals surface area (Å²) in [4.78, 5) is 28.1. The Morgan fingerprint density at radius 3 is 2.39 bits per heavy atom. The highest BCUT2D eigenvalue weighted by Crippen LogP contribution is 2.44. The molecule has 0 spiro atoms. The lowest BCUT2D eigenvalue weighted by molar-refractivity contribution is -0.119. The van der Waals surface area contributed by atoms with Gasteiger partial charge in [-0.2, -0.15) is 0 Å². The van der Waals surface area contributed by atoms with Crippen LogP contribution in [0.1, 0.15) is 37.2 Å². The number of carbonyl (C=O) groups is 2. The van der Waals surface area contributed by atoms with Crippen LogP contribution in [0.2, 0.25) is 0 Å². The maximum absolute atomic E-state index is 13.3. The van der Waals surface area contributed by atoms with Gasteiger partial charge in [0.1, 0.15) is 0 Å². The van der Waals surface area contributed by atoms with Crippen molar-refractivity contribution >= 4 is 28.2 Å². The molecule has 0 radical (unpaired) electrons. The number of para-hydroxylation sites is 1. The van der Waals surface area contributed by atoms with Gasteiger partial charge in [-0.3, -0.25) is 14.5 Å². The van der Waals surface area contributed by atoms with Crippen LogP contribution in [-0.4, -0.2) is 11.7 Å². The summed E-state index contributed by atoms with van der Waals surface area (Å²) in [6.45, 7) is 0. The van der Waals surface area contributed by atoms with Gasteiger partial charge in [0.15, 0.2) is 5.78 Å². The van der Waals surface area contributed by atoms with Crippen molar-refractivity contribution in [3.63, 3.8) is 0 Å². The first kappa shape index (κ1) is 16.9. The van der Waals surface area contributed by atoms with Crippen molar-refractivity contribution in [2.75, 3.05) is 4.90 Å². The average Bonchev–Trinajstić information content (AvgIpc) is 2.73. The van der Waals surface area contributed by atoms with Crippen LogP contribution in [0.4, 0.5) is 5.69 Å². The Morgan fingerprint density at radius 2 is 1.54 bits per heavy atom. The monoisotopic (exact) mass is 367 g/mol. The molecule has 3 nitrogen and oxygen atoms in total. The zero-order valence-corrected chi connectivity index (χ0v) is 15.6. The SMILES string of the molecule is O=C1CCCC2=C1C(c1cccc3ccccc13)CC(=O)N2c1ccccc1. The van der Waals surface area contributed by atoms with E-state index in [2.05, 4.69) is 24.3 Å². The summed E-state index contributed by atoms with van der Waals surface area (Å²) in [5, 5.41) is 2.27. The van der Waals surface area contributed by atoms with Crippen LogP contribution in [0.25, 0.3) is 10.8 Å². The predicted octanol–water partition coefficient (Wildman–Crippen LogP) is 5.37. The lowest BCUT2D eigenvalue weighted by Gasteiger charge is -2.38. The first-order chi connectivity index (χ1) is 13.7. The minimum atomic E-state index is -0.165. The molecule has 28 heavy (non-hydrogen) atoms. The summed E-state index contributed by atoms with van der Waals surface area (Å²) in [6.07, 6.45) is 2.46. The molecule has 0 bridgehead atoms. The fraction of sp³-hybridized carbons (Fsp3) is 0.200. The van der Waals surface area contributed by atoms with Crippen molar-refractivity contribution in [2.24, 2.45) is 0 Å². The molecule has 3 aromatic rings. The van der Waals surface area contributed by atoms with E-state index < -0.39 is 0 Å². The van der Waals surface area contributed by atoms with Gasteiger partial charge in [-0.1, -0.05) is 60.7 Å². The molecule has 1 aliphatic heterocycles. The van der Waals surface area contributed by atoms with E-state index in [1.807, 2.05) is 48.5 Å². The van der Waals surface area contributed by atoms with Crippen LogP contribution in [0.5, 0.6) is 0 Å². The van der Waals surface area contributed by atoms with Crippen LogP contribution in [0, 0.1) is 0 Å². The van der Waals surface area contributed by atoms with Crippen LogP contribution in [0.3, 0.4) is 0 Å². The number of anilines is 1. The zero-order chi connectivity index (χ0) is 19.1. The molecule has 0 saturated heterocycles. The lowest BCUT2D eigenvalue weighted by atomic mass is 9.76. The van der Waals surface area contributed by atoms with Crippen LogP contribution < -0.4 is 4.90 Å². The van der Waals surface area contributed by atoms with Crippen LogP contribution in [0.15, 0.2) is 84.1 Å². The molecule has 0 fully saturated rings. The molecule has 2 aliphatic rings. The Morgan fingerprint density at radius 1 is 0.786 bits per heavy atom. The van der Waals surface area contributed by atoms with E-state index in [9.17, 15) is 9.59 Å². The highest BCUT2D eigenvalue weighted by atomic mass is 16.2. The molecule has 1 atom stereocenters. The number of allylic oxidation sites excluding steroid dienone is 2. The number of benzene rings is 3. The topological polar surface area (TPSA) is 37.4 Å². The second-order valence-corrected chi connectivity index (χ2v) is 7.53. The van der Waals surface area contributed by atoms with Crippen molar-refractivity contribution in [3.8, 4) is 0 Å². The number of carbonyl (C=O) groups excluding carboxylic acids is 2. The predicted molar refractivity (Wildman–Crippen MR) is 111 cm³/mol. The molecular formula is C25H21NO2. The van der Waals surface area contributed by atoms with Crippen molar-refractivity contribution in [1.82, 2.24) is 0 Å². The van der Waals surface area contributed by atoms with Gasteiger partial charge in [0, 0.05) is 35.7 Å². The minimum absolute atomic E-state index is 0.0672. The van der Waals surface area contributed by atoms with E-state index in [1.54, 1.807) is 4.90 Å². The minimum Gasteiger partial charge on any atom is -0.294 e. The zero-order valence-electron chi connectivity index (χ0n) is 15.6. The molecule has 5 rings (SSSR count). The van der Waals surface area contributed by atoms with Gasteiger partial charge in [-0.25, -0.2) is 0 Å². The maximum atomic E-state index is 13.3. The molecule has 1 aliphatic carbocycles. The smallest absolute Gasteiger partial charge is 0.232 e. The number of ketones is 1. The standard InChI is InChI=1S/C25H21NO2/c27-23-15-7-14-22-25(23)21(16-24(28)26(22)18-10-2-1-3-11-18)20-13-6-9-17-8-4-5-12-19(17)20/h1-6,8-13,21H,7,14-16H2. The van der Waals surface area contributed by atoms with E-state index in [-0.39, 0.29) is 17.6 Å². The number of hydrogen-bond acceptors (Lipinski definition) is 2. The average molecular weight is 367 g/mol. The van der Waals surface area contributed by atoms with E-state index in [4.69, 9.17) is 0 Å². The second-order valence-electron chi connectivity index (χ2n) is 7.53. The van der Waals surface area contributed by atoms with Gasteiger partial charge in [-0.15, -0.1) is 0 Å².